The Kier molecular flexibility index (Phi) is 5.08. The molecule has 0 aromatic rings. The third kappa shape index (κ3) is 3.46. The van der Waals surface area contributed by atoms with Crippen LogP contribution in [0.2, 0.25) is 0 Å². The number of nitrogens with zero attached hydrogens (tertiary/aromatic N) is 1. The first kappa shape index (κ1) is 14.8. The van der Waals surface area contributed by atoms with Gasteiger partial charge in [-0.15, -0.1) is 0 Å². The predicted octanol–water partition coefficient (Wildman–Crippen LogP) is 2.12. The van der Waals surface area contributed by atoms with E-state index in [9.17, 15) is 8.42 Å². The number of alkyl halides is 1. The van der Waals surface area contributed by atoms with Crippen molar-refractivity contribution in [3.05, 3.63) is 0 Å². The summed E-state index contributed by atoms with van der Waals surface area (Å²) in [5.41, 5.74) is 0. The lowest BCUT2D eigenvalue weighted by Gasteiger charge is -2.31. The highest BCUT2D eigenvalue weighted by Gasteiger charge is 2.33. The second-order valence-corrected chi connectivity index (χ2v) is 8.03. The molecule has 3 unspecified atom stereocenters. The molecule has 0 radical (unpaired) electrons. The standard InChI is InChI=1S/C12H23BrN2O2S/c1-10-4-3-7-15(9-10)18(16,17)14-12-6-2-5-11(12)8-13/h10-12,14H,2-9H2,1H3. The van der Waals surface area contributed by atoms with Gasteiger partial charge < -0.3 is 0 Å². The molecule has 1 saturated heterocycles. The molecule has 0 aromatic carbocycles. The molecule has 2 aliphatic rings. The van der Waals surface area contributed by atoms with Crippen LogP contribution in [-0.2, 0) is 10.2 Å². The molecule has 1 aliphatic carbocycles. The summed E-state index contributed by atoms with van der Waals surface area (Å²) in [4.78, 5) is 0. The van der Waals surface area contributed by atoms with E-state index in [4.69, 9.17) is 0 Å². The third-order valence-corrected chi connectivity index (χ3v) is 6.56. The first-order valence-electron chi connectivity index (χ1n) is 6.86. The molecule has 106 valence electrons. The molecular weight excluding hydrogens is 316 g/mol. The molecule has 1 saturated carbocycles. The van der Waals surface area contributed by atoms with Crippen LogP contribution in [0.25, 0.3) is 0 Å². The van der Waals surface area contributed by atoms with Crippen molar-refractivity contribution in [3.8, 4) is 0 Å². The average molecular weight is 339 g/mol. The summed E-state index contributed by atoms with van der Waals surface area (Å²) in [5.74, 6) is 0.924. The topological polar surface area (TPSA) is 49.4 Å². The third-order valence-electron chi connectivity index (χ3n) is 4.12. The van der Waals surface area contributed by atoms with Crippen molar-refractivity contribution in [2.45, 2.75) is 45.1 Å². The summed E-state index contributed by atoms with van der Waals surface area (Å²) in [6.07, 6.45) is 5.33. The van der Waals surface area contributed by atoms with E-state index in [1.165, 1.54) is 0 Å². The van der Waals surface area contributed by atoms with Crippen LogP contribution in [0.3, 0.4) is 0 Å². The second kappa shape index (κ2) is 6.20. The fourth-order valence-corrected chi connectivity index (χ4v) is 5.44. The lowest BCUT2D eigenvalue weighted by molar-refractivity contribution is 0.275. The van der Waals surface area contributed by atoms with Crippen LogP contribution in [0.15, 0.2) is 0 Å². The van der Waals surface area contributed by atoms with Crippen LogP contribution in [0.1, 0.15) is 39.0 Å². The molecule has 6 heteroatoms. The molecule has 0 aromatic heterocycles. The van der Waals surface area contributed by atoms with Crippen LogP contribution in [0.5, 0.6) is 0 Å². The molecule has 0 amide bonds. The maximum Gasteiger partial charge on any atom is 0.279 e. The highest BCUT2D eigenvalue weighted by atomic mass is 79.9. The number of hydrogen-bond donors (Lipinski definition) is 1. The SMILES string of the molecule is CC1CCCN(S(=O)(=O)NC2CCCC2CBr)C1. The van der Waals surface area contributed by atoms with Gasteiger partial charge in [-0.2, -0.15) is 17.4 Å². The molecule has 2 fully saturated rings. The number of piperidine rings is 1. The molecule has 18 heavy (non-hydrogen) atoms. The second-order valence-electron chi connectivity index (χ2n) is 5.68. The molecule has 1 N–H and O–H groups in total. The van der Waals surface area contributed by atoms with Crippen LogP contribution in [-0.4, -0.2) is 37.2 Å². The maximum atomic E-state index is 12.3. The van der Waals surface area contributed by atoms with Gasteiger partial charge in [0, 0.05) is 24.5 Å². The number of halogens is 1. The molecule has 2 rings (SSSR count). The van der Waals surface area contributed by atoms with Crippen molar-refractivity contribution in [1.82, 2.24) is 9.03 Å². The maximum absolute atomic E-state index is 12.3. The Hall–Kier alpha value is 0.350. The van der Waals surface area contributed by atoms with Crippen molar-refractivity contribution in [2.75, 3.05) is 18.4 Å². The summed E-state index contributed by atoms with van der Waals surface area (Å²) in [7, 11) is -3.28. The Morgan fingerprint density at radius 2 is 2.06 bits per heavy atom. The van der Waals surface area contributed by atoms with Crippen LogP contribution in [0.4, 0.5) is 0 Å². The molecule has 0 spiro atoms. The van der Waals surface area contributed by atoms with Gasteiger partial charge >= 0.3 is 0 Å². The van der Waals surface area contributed by atoms with Gasteiger partial charge in [-0.05, 0) is 37.5 Å². The zero-order valence-electron chi connectivity index (χ0n) is 10.9. The summed E-state index contributed by atoms with van der Waals surface area (Å²) in [6.45, 7) is 3.46. The summed E-state index contributed by atoms with van der Waals surface area (Å²) < 4.78 is 29.2. The Morgan fingerprint density at radius 3 is 2.72 bits per heavy atom. The number of nitrogens with one attached hydrogen (secondary N) is 1. The van der Waals surface area contributed by atoms with Gasteiger partial charge in [0.2, 0.25) is 0 Å². The van der Waals surface area contributed by atoms with Gasteiger partial charge in [0.15, 0.2) is 0 Å². The molecular formula is C12H23BrN2O2S. The van der Waals surface area contributed by atoms with E-state index in [1.807, 2.05) is 0 Å². The Morgan fingerprint density at radius 1 is 1.28 bits per heavy atom. The van der Waals surface area contributed by atoms with Crippen LogP contribution >= 0.6 is 15.9 Å². The van der Waals surface area contributed by atoms with E-state index in [0.29, 0.717) is 24.9 Å². The van der Waals surface area contributed by atoms with E-state index in [2.05, 4.69) is 27.6 Å². The van der Waals surface area contributed by atoms with Gasteiger partial charge in [-0.25, -0.2) is 0 Å². The normalized spacial score (nSPS) is 34.9. The summed E-state index contributed by atoms with van der Waals surface area (Å²) in [5, 5.41) is 0.886. The first-order valence-corrected chi connectivity index (χ1v) is 9.42. The minimum Gasteiger partial charge on any atom is -0.199 e. The minimum atomic E-state index is -3.28. The van der Waals surface area contributed by atoms with Gasteiger partial charge in [0.25, 0.3) is 10.2 Å². The zero-order valence-corrected chi connectivity index (χ0v) is 13.3. The molecule has 1 aliphatic heterocycles. The van der Waals surface area contributed by atoms with E-state index < -0.39 is 10.2 Å². The van der Waals surface area contributed by atoms with E-state index in [-0.39, 0.29) is 6.04 Å². The highest BCUT2D eigenvalue weighted by Crippen LogP contribution is 2.28. The first-order chi connectivity index (χ1) is 8.53. The Balaban J connectivity index is 1.98. The van der Waals surface area contributed by atoms with Crippen molar-refractivity contribution >= 4 is 26.1 Å². The van der Waals surface area contributed by atoms with Gasteiger partial charge in [-0.1, -0.05) is 29.3 Å². The van der Waals surface area contributed by atoms with Gasteiger partial charge in [0.1, 0.15) is 0 Å². The summed E-state index contributed by atoms with van der Waals surface area (Å²) >= 11 is 3.48. The quantitative estimate of drug-likeness (QED) is 0.798. The Labute approximate surface area is 119 Å². The Bertz CT molecular complexity index is 374. The fourth-order valence-electron chi connectivity index (χ4n) is 3.01. The van der Waals surface area contributed by atoms with Crippen molar-refractivity contribution in [3.63, 3.8) is 0 Å². The zero-order chi connectivity index (χ0) is 13.2. The molecule has 3 atom stereocenters. The average Bonchev–Trinajstić information content (AvgIpc) is 2.75. The van der Waals surface area contributed by atoms with Crippen molar-refractivity contribution < 1.29 is 8.42 Å². The molecule has 1 heterocycles. The van der Waals surface area contributed by atoms with Gasteiger partial charge in [-0.3, -0.25) is 0 Å². The van der Waals surface area contributed by atoms with Crippen LogP contribution in [0, 0.1) is 11.8 Å². The van der Waals surface area contributed by atoms with Crippen LogP contribution < -0.4 is 4.72 Å². The van der Waals surface area contributed by atoms with Crippen molar-refractivity contribution in [2.24, 2.45) is 11.8 Å². The number of hydrogen-bond acceptors (Lipinski definition) is 2. The monoisotopic (exact) mass is 338 g/mol. The lowest BCUT2D eigenvalue weighted by Crippen LogP contribution is -2.49. The molecule has 0 bridgehead atoms. The van der Waals surface area contributed by atoms with Crippen molar-refractivity contribution in [1.29, 1.82) is 0 Å². The lowest BCUT2D eigenvalue weighted by atomic mass is 10.0. The summed E-state index contributed by atoms with van der Waals surface area (Å²) in [6, 6.07) is 0.117. The van der Waals surface area contributed by atoms with E-state index >= 15 is 0 Å². The highest BCUT2D eigenvalue weighted by molar-refractivity contribution is 9.09. The molecule has 4 nitrogen and oxygen atoms in total. The predicted molar refractivity (Wildman–Crippen MR) is 76.9 cm³/mol. The van der Waals surface area contributed by atoms with E-state index in [1.54, 1.807) is 4.31 Å². The van der Waals surface area contributed by atoms with E-state index in [0.717, 1.165) is 37.4 Å². The largest absolute Gasteiger partial charge is 0.279 e. The minimum absolute atomic E-state index is 0.117. The van der Waals surface area contributed by atoms with Gasteiger partial charge in [0.05, 0.1) is 0 Å². The fraction of sp³-hybridized carbons (Fsp3) is 1.00. The number of rotatable bonds is 4. The smallest absolute Gasteiger partial charge is 0.199 e.